The van der Waals surface area contributed by atoms with E-state index in [4.69, 9.17) is 25.9 Å². The van der Waals surface area contributed by atoms with Crippen LogP contribution in [0.5, 0.6) is 0 Å². The summed E-state index contributed by atoms with van der Waals surface area (Å²) in [6.45, 7) is 7.26. The van der Waals surface area contributed by atoms with E-state index in [0.717, 1.165) is 8.97 Å². The third-order valence-corrected chi connectivity index (χ3v) is 9.36. The third kappa shape index (κ3) is 105. The first-order valence-electron chi connectivity index (χ1n) is 22.5. The molecule has 0 saturated heterocycles. The Morgan fingerprint density at radius 2 is 0.429 bits per heavy atom. The molecule has 0 amide bonds. The third-order valence-electron chi connectivity index (χ3n) is 9.36. The zero-order chi connectivity index (χ0) is 42.0. The van der Waals surface area contributed by atoms with Crippen molar-refractivity contribution in [2.75, 3.05) is 67.9 Å². The number of halogens is 1. The summed E-state index contributed by atoms with van der Waals surface area (Å²) in [7, 11) is 5.95. The van der Waals surface area contributed by atoms with Crippen LogP contribution >= 0.6 is 0 Å². The van der Waals surface area contributed by atoms with Crippen molar-refractivity contribution in [2.24, 2.45) is 0 Å². The largest absolute Gasteiger partial charge is 1.00 e. The van der Waals surface area contributed by atoms with E-state index in [1.807, 2.05) is 0 Å². The number of quaternary nitrogens is 2. The van der Waals surface area contributed by atoms with Crippen LogP contribution in [-0.4, -0.2) is 103 Å². The summed E-state index contributed by atoms with van der Waals surface area (Å²) in [5.74, 6) is 0. The molecule has 0 aliphatic rings. The van der Waals surface area contributed by atoms with Crippen LogP contribution in [-0.2, 0) is 20.2 Å². The van der Waals surface area contributed by atoms with E-state index in [-0.39, 0.29) is 35.8 Å². The van der Waals surface area contributed by atoms with E-state index >= 15 is 0 Å². The molecule has 0 atom stereocenters. The Hall–Kier alpha value is 0.817. The number of hydrogen-bond acceptors (Lipinski definition) is 6. The average Bonchev–Trinajstić information content (AvgIpc) is 3.02. The maximum atomic E-state index is 9.08. The van der Waals surface area contributed by atoms with Crippen molar-refractivity contribution in [1.82, 2.24) is 0 Å². The van der Waals surface area contributed by atoms with Gasteiger partial charge in [0, 0.05) is 12.5 Å². The second-order valence-electron chi connectivity index (χ2n) is 18.0. The molecule has 0 rings (SSSR count). The minimum atomic E-state index is -3.92. The Labute approximate surface area is 375 Å². The number of unbranched alkanes of at least 4 members (excludes halogenated alkanes) is 30. The van der Waals surface area contributed by atoms with Crippen LogP contribution in [0.25, 0.3) is 0 Å². The van der Waals surface area contributed by atoms with Gasteiger partial charge in [0.05, 0.1) is 75.6 Å². The van der Waals surface area contributed by atoms with Crippen molar-refractivity contribution in [1.29, 1.82) is 0 Å². The molecule has 12 heteroatoms. The van der Waals surface area contributed by atoms with Gasteiger partial charge in [-0.2, -0.15) is 0 Å². The quantitative estimate of drug-likeness (QED) is 0.0327. The van der Waals surface area contributed by atoms with Crippen LogP contribution in [0.1, 0.15) is 219 Å². The van der Waals surface area contributed by atoms with E-state index in [1.54, 1.807) is 0 Å². The summed E-state index contributed by atoms with van der Waals surface area (Å²) in [4.78, 5) is 0. The van der Waals surface area contributed by atoms with Gasteiger partial charge >= 0.3 is 18.9 Å². The molecule has 56 heavy (non-hydrogen) atoms. The Kier molecular flexibility index (Phi) is 59.3. The minimum Gasteiger partial charge on any atom is -1.00 e. The topological polar surface area (TPSA) is 114 Å². The van der Waals surface area contributed by atoms with E-state index in [0.29, 0.717) is 12.5 Å². The maximum Gasteiger partial charge on any atom is 1.00 e. The predicted octanol–water partition coefficient (Wildman–Crippen LogP) is 6.24. The molecule has 340 valence electrons. The van der Waals surface area contributed by atoms with Crippen LogP contribution in [0.2, 0.25) is 0 Å². The molecule has 0 aromatic heterocycles. The smallest absolute Gasteiger partial charge is 1.00 e. The molecule has 8 nitrogen and oxygen atoms in total. The first-order chi connectivity index (χ1) is 25.1. The second-order valence-corrected chi connectivity index (χ2v) is 20.9. The van der Waals surface area contributed by atoms with Gasteiger partial charge in [0.15, 0.2) is 0 Å². The van der Waals surface area contributed by atoms with Crippen LogP contribution in [0.15, 0.2) is 0 Å². The summed E-state index contributed by atoms with van der Waals surface area (Å²) in [5.41, 5.74) is 0. The SMILES string of the molecule is CCCCCCCCCCCCCCCCCC[N+](C)(C)C.CCCCCCCCCCCCCCCCCC[N+](C)(C)C.CS(=O)(=O)[O-].CS(=O)(=O)[O-].[Br-].[Li+]. The fourth-order valence-electron chi connectivity index (χ4n) is 6.27. The second kappa shape index (κ2) is 48.5. The van der Waals surface area contributed by atoms with Crippen molar-refractivity contribution in [3.63, 3.8) is 0 Å². The Morgan fingerprint density at radius 1 is 0.321 bits per heavy atom. The fraction of sp³-hybridized carbons (Fsp3) is 1.00. The Bertz CT molecular complexity index is 852. The van der Waals surface area contributed by atoms with Crippen molar-refractivity contribution < 1.29 is 70.7 Å². The van der Waals surface area contributed by atoms with Crippen molar-refractivity contribution in [3.05, 3.63) is 0 Å². The number of hydrogen-bond donors (Lipinski definition) is 0. The molecule has 0 radical (unpaired) electrons. The summed E-state index contributed by atoms with van der Waals surface area (Å²) in [5, 5.41) is 0. The van der Waals surface area contributed by atoms with Crippen LogP contribution in [0, 0.1) is 0 Å². The Morgan fingerprint density at radius 3 is 0.536 bits per heavy atom. The standard InChI is InChI=1S/2C21H46N.2CH4O3S.BrH.Li/c2*1-5-6-7-8-9-10-11-12-13-14-15-16-17-18-19-20-21-22(2,3)4;2*1-5(2,3)4;;/h2*5-21H2,1-4H3;2*1H3,(H,2,3,4);1H;/q2*+1;;;;+1/p-3. The molecule has 0 aliphatic heterocycles. The molecule has 0 saturated carbocycles. The monoisotopic (exact) mass is 901 g/mol. The van der Waals surface area contributed by atoms with E-state index in [2.05, 4.69) is 56.1 Å². The van der Waals surface area contributed by atoms with Crippen molar-refractivity contribution >= 4 is 20.2 Å². The van der Waals surface area contributed by atoms with Gasteiger partial charge in [-0.15, -0.1) is 0 Å². The first-order valence-corrected chi connectivity index (χ1v) is 26.2. The van der Waals surface area contributed by atoms with Crippen molar-refractivity contribution in [2.45, 2.75) is 219 Å². The zero-order valence-electron chi connectivity index (χ0n) is 39.6. The molecule has 0 bridgehead atoms. The van der Waals surface area contributed by atoms with Gasteiger partial charge in [0.2, 0.25) is 0 Å². The molecule has 0 aromatic carbocycles. The minimum absolute atomic E-state index is 0. The van der Waals surface area contributed by atoms with Gasteiger partial charge in [-0.25, -0.2) is 16.8 Å². The predicted molar refractivity (Wildman–Crippen MR) is 236 cm³/mol. The van der Waals surface area contributed by atoms with Crippen LogP contribution < -0.4 is 35.8 Å². The fourth-order valence-corrected chi connectivity index (χ4v) is 6.27. The van der Waals surface area contributed by atoms with Gasteiger partial charge in [-0.05, 0) is 25.7 Å². The number of nitrogens with zero attached hydrogens (tertiary/aromatic N) is 2. The summed E-state index contributed by atoms with van der Waals surface area (Å²) < 4.78 is 56.7. The van der Waals surface area contributed by atoms with E-state index in [9.17, 15) is 0 Å². The van der Waals surface area contributed by atoms with E-state index in [1.165, 1.54) is 219 Å². The van der Waals surface area contributed by atoms with Gasteiger partial charge in [0.25, 0.3) is 0 Å². The summed E-state index contributed by atoms with van der Waals surface area (Å²) in [6.07, 6.45) is 47.9. The molecule has 0 fully saturated rings. The molecule has 0 aliphatic carbocycles. The van der Waals surface area contributed by atoms with Gasteiger partial charge in [-0.3, -0.25) is 0 Å². The molecule has 0 spiro atoms. The molecular formula is C44H98BrLiN2O6S2. The summed E-state index contributed by atoms with van der Waals surface area (Å²) in [6, 6.07) is 0. The van der Waals surface area contributed by atoms with Gasteiger partial charge in [-0.1, -0.05) is 194 Å². The number of rotatable bonds is 34. The maximum absolute atomic E-state index is 9.08. The van der Waals surface area contributed by atoms with Gasteiger partial charge < -0.3 is 35.1 Å². The van der Waals surface area contributed by atoms with Crippen LogP contribution in [0.4, 0.5) is 0 Å². The zero-order valence-corrected chi connectivity index (χ0v) is 42.8. The molecule has 0 unspecified atom stereocenters. The van der Waals surface area contributed by atoms with E-state index < -0.39 is 20.2 Å². The molecule has 0 N–H and O–H groups in total. The first kappa shape index (κ1) is 68.5. The molecule has 0 heterocycles. The Balaban J connectivity index is -0.000000174. The normalized spacial score (nSPS) is 11.5. The summed E-state index contributed by atoms with van der Waals surface area (Å²) >= 11 is 0. The molecular weight excluding hydrogens is 803 g/mol. The average molecular weight is 902 g/mol. The van der Waals surface area contributed by atoms with Crippen molar-refractivity contribution in [3.8, 4) is 0 Å². The molecule has 0 aromatic rings. The van der Waals surface area contributed by atoms with Gasteiger partial charge in [0.1, 0.15) is 0 Å². The van der Waals surface area contributed by atoms with Crippen LogP contribution in [0.3, 0.4) is 0 Å².